The van der Waals surface area contributed by atoms with Gasteiger partial charge in [0.15, 0.2) is 12.2 Å². The predicted octanol–water partition coefficient (Wildman–Crippen LogP) is 20.0. The zero-order chi connectivity index (χ0) is 65.7. The van der Waals surface area contributed by atoms with E-state index in [-0.39, 0.29) is 25.7 Å². The molecular weight excluding hydrogens is 1170 g/mol. The van der Waals surface area contributed by atoms with Gasteiger partial charge in [-0.2, -0.15) is 0 Å². The topological polar surface area (TPSA) is 237 Å². The summed E-state index contributed by atoms with van der Waals surface area (Å²) in [4.78, 5) is 72.4. The normalized spacial score (nSPS) is 14.1. The van der Waals surface area contributed by atoms with Gasteiger partial charge in [0.05, 0.1) is 26.4 Å². The summed E-state index contributed by atoms with van der Waals surface area (Å²) in [6.07, 6.45) is 47.2. The van der Waals surface area contributed by atoms with Gasteiger partial charge in [0.1, 0.15) is 19.3 Å². The monoisotopic (exact) mass is 1310 g/mol. The quantitative estimate of drug-likeness (QED) is 0.0222. The standard InChI is InChI=1S/C70H136O17P2/c1-7-9-11-13-15-17-18-24-29-36-42-48-54-69(74)86-65(58-80-67(72)52-46-40-34-16-14-12-10-8-2)60-84-88(76,77)82-56-64(71)57-83-89(78,79)85-61-66(59-81-68(73)53-47-41-35-31-26-28-33-39-45-51-63(5)6)87-70(75)55-49-43-37-30-25-22-20-19-21-23-27-32-38-44-50-62(3)4/h62-66,71H,7-61H2,1-6H3,(H,76,77)(H,78,79)/t64-,65+,66+/m0/s1. The fourth-order valence-electron chi connectivity index (χ4n) is 10.6. The molecule has 0 aliphatic carbocycles. The lowest BCUT2D eigenvalue weighted by molar-refractivity contribution is -0.161. The van der Waals surface area contributed by atoms with Crippen molar-refractivity contribution in [3.63, 3.8) is 0 Å². The molecule has 0 radical (unpaired) electrons. The molecule has 528 valence electrons. The SMILES string of the molecule is CCCCCCCCCCCCCCC(=O)O[C@H](COC(=O)CCCCCCCCCC)COP(=O)(O)OC[C@H](O)COP(=O)(O)OC[C@@H](COC(=O)CCCCCCCCCCCC(C)C)OC(=O)CCCCCCCCCCCCCCCCC(C)C. The highest BCUT2D eigenvalue weighted by Crippen LogP contribution is 2.45. The molecular formula is C70H136O17P2. The van der Waals surface area contributed by atoms with E-state index in [0.29, 0.717) is 25.7 Å². The summed E-state index contributed by atoms with van der Waals surface area (Å²) in [6.45, 7) is 9.53. The van der Waals surface area contributed by atoms with Crippen molar-refractivity contribution in [3.8, 4) is 0 Å². The second-order valence-electron chi connectivity index (χ2n) is 26.2. The van der Waals surface area contributed by atoms with Crippen LogP contribution in [0.15, 0.2) is 0 Å². The molecule has 0 aliphatic heterocycles. The number of ether oxygens (including phenoxy) is 4. The van der Waals surface area contributed by atoms with E-state index in [0.717, 1.165) is 108 Å². The molecule has 2 unspecified atom stereocenters. The van der Waals surface area contributed by atoms with Gasteiger partial charge < -0.3 is 33.8 Å². The Labute approximate surface area is 543 Å². The summed E-state index contributed by atoms with van der Waals surface area (Å²) < 4.78 is 68.2. The number of aliphatic hydroxyl groups is 1. The molecule has 89 heavy (non-hydrogen) atoms. The van der Waals surface area contributed by atoms with Crippen molar-refractivity contribution in [2.24, 2.45) is 11.8 Å². The first-order valence-corrected chi connectivity index (χ1v) is 39.5. The summed E-state index contributed by atoms with van der Waals surface area (Å²) in [5, 5.41) is 10.6. The highest BCUT2D eigenvalue weighted by atomic mass is 31.2. The maximum Gasteiger partial charge on any atom is 0.472 e. The summed E-state index contributed by atoms with van der Waals surface area (Å²) in [5.41, 5.74) is 0. The molecule has 0 aliphatic rings. The maximum atomic E-state index is 13.0. The first kappa shape index (κ1) is 87.1. The van der Waals surface area contributed by atoms with Gasteiger partial charge in [0, 0.05) is 25.7 Å². The third kappa shape index (κ3) is 64.6. The molecule has 0 rings (SSSR count). The lowest BCUT2D eigenvalue weighted by atomic mass is 10.0. The van der Waals surface area contributed by atoms with Crippen molar-refractivity contribution in [1.82, 2.24) is 0 Å². The molecule has 0 aromatic rings. The second-order valence-corrected chi connectivity index (χ2v) is 29.1. The Hall–Kier alpha value is -1.94. The minimum absolute atomic E-state index is 0.107. The fourth-order valence-corrected chi connectivity index (χ4v) is 12.2. The molecule has 3 N–H and O–H groups in total. The molecule has 17 nitrogen and oxygen atoms in total. The van der Waals surface area contributed by atoms with Crippen molar-refractivity contribution < 1.29 is 80.2 Å². The van der Waals surface area contributed by atoms with Crippen LogP contribution in [0.1, 0.15) is 356 Å². The molecule has 0 spiro atoms. The van der Waals surface area contributed by atoms with Gasteiger partial charge in [-0.15, -0.1) is 0 Å². The summed E-state index contributed by atoms with van der Waals surface area (Å²) in [7, 11) is -9.90. The number of aliphatic hydroxyl groups excluding tert-OH is 1. The van der Waals surface area contributed by atoms with E-state index in [1.807, 2.05) is 0 Å². The lowest BCUT2D eigenvalue weighted by Gasteiger charge is -2.21. The number of carbonyl (C=O) groups is 4. The van der Waals surface area contributed by atoms with Crippen LogP contribution in [0.4, 0.5) is 0 Å². The van der Waals surface area contributed by atoms with E-state index >= 15 is 0 Å². The Morgan fingerprint density at radius 3 is 0.764 bits per heavy atom. The van der Waals surface area contributed by atoms with Crippen molar-refractivity contribution in [1.29, 1.82) is 0 Å². The van der Waals surface area contributed by atoms with Crippen LogP contribution in [0.5, 0.6) is 0 Å². The van der Waals surface area contributed by atoms with Gasteiger partial charge >= 0.3 is 39.5 Å². The number of rotatable bonds is 69. The molecule has 0 saturated heterocycles. The molecule has 0 amide bonds. The van der Waals surface area contributed by atoms with Gasteiger partial charge in [0.25, 0.3) is 0 Å². The Bertz CT molecular complexity index is 1730. The Morgan fingerprint density at radius 1 is 0.303 bits per heavy atom. The Kier molecular flexibility index (Phi) is 60.8. The summed E-state index contributed by atoms with van der Waals surface area (Å²) in [6, 6.07) is 0. The van der Waals surface area contributed by atoms with Crippen LogP contribution in [-0.2, 0) is 65.4 Å². The summed E-state index contributed by atoms with van der Waals surface area (Å²) >= 11 is 0. The van der Waals surface area contributed by atoms with E-state index in [9.17, 15) is 43.2 Å². The third-order valence-electron chi connectivity index (χ3n) is 16.2. The molecule has 0 aromatic carbocycles. The number of esters is 4. The molecule has 0 fully saturated rings. The van der Waals surface area contributed by atoms with Crippen molar-refractivity contribution >= 4 is 39.5 Å². The highest BCUT2D eigenvalue weighted by Gasteiger charge is 2.30. The first-order chi connectivity index (χ1) is 42.9. The van der Waals surface area contributed by atoms with Crippen LogP contribution >= 0.6 is 15.6 Å². The van der Waals surface area contributed by atoms with E-state index in [2.05, 4.69) is 41.5 Å². The molecule has 5 atom stereocenters. The van der Waals surface area contributed by atoms with Crippen molar-refractivity contribution in [3.05, 3.63) is 0 Å². The van der Waals surface area contributed by atoms with Crippen LogP contribution in [0, 0.1) is 11.8 Å². The Morgan fingerprint density at radius 2 is 0.517 bits per heavy atom. The van der Waals surface area contributed by atoms with Crippen LogP contribution in [-0.4, -0.2) is 96.7 Å². The summed E-state index contributed by atoms with van der Waals surface area (Å²) in [5.74, 6) is -0.587. The fraction of sp³-hybridized carbons (Fsp3) is 0.943. The third-order valence-corrected chi connectivity index (χ3v) is 18.1. The number of carbonyl (C=O) groups excluding carboxylic acids is 4. The van der Waals surface area contributed by atoms with Crippen LogP contribution in [0.2, 0.25) is 0 Å². The zero-order valence-corrected chi connectivity index (χ0v) is 59.5. The molecule has 0 aromatic heterocycles. The number of phosphoric ester groups is 2. The van der Waals surface area contributed by atoms with Crippen LogP contribution in [0.25, 0.3) is 0 Å². The number of hydrogen-bond donors (Lipinski definition) is 3. The first-order valence-electron chi connectivity index (χ1n) is 36.5. The Balaban J connectivity index is 5.21. The molecule has 0 heterocycles. The van der Waals surface area contributed by atoms with Crippen LogP contribution < -0.4 is 0 Å². The minimum atomic E-state index is -4.95. The van der Waals surface area contributed by atoms with Crippen LogP contribution in [0.3, 0.4) is 0 Å². The number of hydrogen-bond acceptors (Lipinski definition) is 15. The zero-order valence-electron chi connectivity index (χ0n) is 57.7. The van der Waals surface area contributed by atoms with Gasteiger partial charge in [-0.1, -0.05) is 305 Å². The maximum absolute atomic E-state index is 13.0. The number of phosphoric acid groups is 2. The average molecular weight is 1310 g/mol. The molecule has 0 bridgehead atoms. The predicted molar refractivity (Wildman–Crippen MR) is 358 cm³/mol. The van der Waals surface area contributed by atoms with Gasteiger partial charge in [-0.3, -0.25) is 37.3 Å². The molecule has 19 heteroatoms. The lowest BCUT2D eigenvalue weighted by Crippen LogP contribution is -2.30. The van der Waals surface area contributed by atoms with E-state index in [1.165, 1.54) is 167 Å². The van der Waals surface area contributed by atoms with Gasteiger partial charge in [-0.05, 0) is 37.5 Å². The second kappa shape index (κ2) is 62.2. The highest BCUT2D eigenvalue weighted by molar-refractivity contribution is 7.47. The van der Waals surface area contributed by atoms with Crippen molar-refractivity contribution in [2.75, 3.05) is 39.6 Å². The van der Waals surface area contributed by atoms with E-state index < -0.39 is 97.5 Å². The molecule has 0 saturated carbocycles. The van der Waals surface area contributed by atoms with E-state index in [1.54, 1.807) is 0 Å². The number of unbranched alkanes of at least 4 members (excludes halogenated alkanes) is 39. The van der Waals surface area contributed by atoms with Gasteiger partial charge in [0.2, 0.25) is 0 Å². The average Bonchev–Trinajstić information content (AvgIpc) is 3.71. The smallest absolute Gasteiger partial charge is 0.462 e. The van der Waals surface area contributed by atoms with Gasteiger partial charge in [-0.25, -0.2) is 9.13 Å². The van der Waals surface area contributed by atoms with E-state index in [4.69, 9.17) is 37.0 Å². The largest absolute Gasteiger partial charge is 0.472 e. The van der Waals surface area contributed by atoms with Crippen molar-refractivity contribution in [2.45, 2.75) is 374 Å². The minimum Gasteiger partial charge on any atom is -0.462 e.